The molecule has 140 valence electrons. The first-order valence-electron chi connectivity index (χ1n) is 9.20. The predicted molar refractivity (Wildman–Crippen MR) is 104 cm³/mol. The van der Waals surface area contributed by atoms with Crippen LogP contribution in [0.15, 0.2) is 29.3 Å². The molecule has 2 rings (SSSR count). The van der Waals surface area contributed by atoms with Gasteiger partial charge in [-0.1, -0.05) is 25.1 Å². The quantitative estimate of drug-likeness (QED) is 0.577. The Morgan fingerprint density at radius 2 is 1.92 bits per heavy atom. The highest BCUT2D eigenvalue weighted by Crippen LogP contribution is 2.16. The van der Waals surface area contributed by atoms with Gasteiger partial charge in [0, 0.05) is 57.9 Å². The minimum Gasteiger partial charge on any atom is -0.496 e. The molecule has 0 aromatic heterocycles. The standard InChI is InChI=1S/C19H33N5O/c1-5-23-10-12-24(13-11-23)16(2)14-21-19(20-3)22-15-17-8-6-7-9-18(17)25-4/h6-9,16H,5,10-15H2,1-4H3,(H2,20,21,22). The van der Waals surface area contributed by atoms with Crippen molar-refractivity contribution in [3.05, 3.63) is 29.8 Å². The van der Waals surface area contributed by atoms with E-state index in [9.17, 15) is 0 Å². The van der Waals surface area contributed by atoms with Crippen LogP contribution < -0.4 is 15.4 Å². The maximum atomic E-state index is 5.40. The van der Waals surface area contributed by atoms with Gasteiger partial charge in [0.25, 0.3) is 0 Å². The monoisotopic (exact) mass is 347 g/mol. The summed E-state index contributed by atoms with van der Waals surface area (Å²) in [5.41, 5.74) is 1.12. The number of rotatable bonds is 7. The van der Waals surface area contributed by atoms with Crippen molar-refractivity contribution in [2.75, 3.05) is 53.4 Å². The van der Waals surface area contributed by atoms with E-state index < -0.39 is 0 Å². The van der Waals surface area contributed by atoms with E-state index in [1.54, 1.807) is 7.11 Å². The van der Waals surface area contributed by atoms with Gasteiger partial charge in [-0.3, -0.25) is 9.89 Å². The third kappa shape index (κ3) is 5.90. The molecular weight excluding hydrogens is 314 g/mol. The van der Waals surface area contributed by atoms with Crippen molar-refractivity contribution in [1.82, 2.24) is 20.4 Å². The molecule has 0 bridgehead atoms. The lowest BCUT2D eigenvalue weighted by Crippen LogP contribution is -2.53. The number of ether oxygens (including phenoxy) is 1. The zero-order chi connectivity index (χ0) is 18.1. The van der Waals surface area contributed by atoms with Gasteiger partial charge < -0.3 is 20.3 Å². The molecule has 1 heterocycles. The number of aliphatic imine (C=N–C) groups is 1. The minimum absolute atomic E-state index is 0.490. The molecule has 1 unspecified atom stereocenters. The van der Waals surface area contributed by atoms with Gasteiger partial charge in [0.05, 0.1) is 7.11 Å². The number of hydrogen-bond donors (Lipinski definition) is 2. The van der Waals surface area contributed by atoms with Gasteiger partial charge in [-0.05, 0) is 19.5 Å². The molecule has 1 aliphatic heterocycles. The Hall–Kier alpha value is -1.79. The van der Waals surface area contributed by atoms with E-state index in [0.29, 0.717) is 12.6 Å². The molecule has 1 atom stereocenters. The van der Waals surface area contributed by atoms with Gasteiger partial charge in [-0.15, -0.1) is 0 Å². The summed E-state index contributed by atoms with van der Waals surface area (Å²) < 4.78 is 5.40. The number of guanidine groups is 1. The molecule has 0 radical (unpaired) electrons. The summed E-state index contributed by atoms with van der Waals surface area (Å²) in [6, 6.07) is 8.53. The molecule has 0 spiro atoms. The van der Waals surface area contributed by atoms with E-state index in [4.69, 9.17) is 4.74 Å². The molecule has 25 heavy (non-hydrogen) atoms. The molecule has 6 nitrogen and oxygen atoms in total. The van der Waals surface area contributed by atoms with Crippen LogP contribution in [0.5, 0.6) is 5.75 Å². The van der Waals surface area contributed by atoms with E-state index in [-0.39, 0.29) is 0 Å². The predicted octanol–water partition coefficient (Wildman–Crippen LogP) is 1.39. The van der Waals surface area contributed by atoms with Crippen molar-refractivity contribution < 1.29 is 4.74 Å². The third-order valence-corrected chi connectivity index (χ3v) is 4.90. The third-order valence-electron chi connectivity index (χ3n) is 4.90. The highest BCUT2D eigenvalue weighted by Gasteiger charge is 2.20. The SMILES string of the molecule is CCN1CCN(C(C)CNC(=NC)NCc2ccccc2OC)CC1. The summed E-state index contributed by atoms with van der Waals surface area (Å²) in [6.07, 6.45) is 0. The van der Waals surface area contributed by atoms with E-state index in [1.807, 2.05) is 25.2 Å². The summed E-state index contributed by atoms with van der Waals surface area (Å²) in [5.74, 6) is 1.72. The Morgan fingerprint density at radius 1 is 1.20 bits per heavy atom. The summed E-state index contributed by atoms with van der Waals surface area (Å²) in [6.45, 7) is 11.9. The Morgan fingerprint density at radius 3 is 2.56 bits per heavy atom. The van der Waals surface area contributed by atoms with Crippen molar-refractivity contribution in [2.24, 2.45) is 4.99 Å². The highest BCUT2D eigenvalue weighted by atomic mass is 16.5. The summed E-state index contributed by atoms with van der Waals surface area (Å²) in [4.78, 5) is 9.38. The first-order valence-corrected chi connectivity index (χ1v) is 9.20. The zero-order valence-corrected chi connectivity index (χ0v) is 16.1. The molecule has 0 saturated carbocycles. The fourth-order valence-corrected chi connectivity index (χ4v) is 3.14. The molecule has 1 saturated heterocycles. The number of para-hydroxylation sites is 1. The normalized spacial score (nSPS) is 18.0. The topological polar surface area (TPSA) is 52.1 Å². The smallest absolute Gasteiger partial charge is 0.191 e. The lowest BCUT2D eigenvalue weighted by atomic mass is 10.2. The van der Waals surface area contributed by atoms with E-state index >= 15 is 0 Å². The molecule has 1 fully saturated rings. The molecular formula is C19H33N5O. The fraction of sp³-hybridized carbons (Fsp3) is 0.632. The largest absolute Gasteiger partial charge is 0.496 e. The van der Waals surface area contributed by atoms with E-state index in [0.717, 1.165) is 43.5 Å². The van der Waals surface area contributed by atoms with Crippen LogP contribution in [0.2, 0.25) is 0 Å². The van der Waals surface area contributed by atoms with Crippen molar-refractivity contribution in [3.8, 4) is 5.75 Å². The fourth-order valence-electron chi connectivity index (χ4n) is 3.14. The van der Waals surface area contributed by atoms with Crippen LogP contribution in [0.4, 0.5) is 0 Å². The zero-order valence-electron chi connectivity index (χ0n) is 16.1. The second-order valence-corrected chi connectivity index (χ2v) is 6.44. The molecule has 2 N–H and O–H groups in total. The lowest BCUT2D eigenvalue weighted by Gasteiger charge is -2.37. The van der Waals surface area contributed by atoms with Gasteiger partial charge in [0.1, 0.15) is 5.75 Å². The van der Waals surface area contributed by atoms with Crippen LogP contribution >= 0.6 is 0 Å². The maximum Gasteiger partial charge on any atom is 0.191 e. The molecule has 0 amide bonds. The van der Waals surface area contributed by atoms with Crippen molar-refractivity contribution in [1.29, 1.82) is 0 Å². The second-order valence-electron chi connectivity index (χ2n) is 6.44. The number of hydrogen-bond acceptors (Lipinski definition) is 4. The lowest BCUT2D eigenvalue weighted by molar-refractivity contribution is 0.107. The van der Waals surface area contributed by atoms with Gasteiger partial charge in [-0.25, -0.2) is 0 Å². The van der Waals surface area contributed by atoms with Crippen LogP contribution in [-0.4, -0.2) is 75.2 Å². The van der Waals surface area contributed by atoms with Crippen LogP contribution in [0.25, 0.3) is 0 Å². The number of methoxy groups -OCH3 is 1. The molecule has 6 heteroatoms. The Kier molecular flexibility index (Phi) is 8.01. The number of likely N-dealkylation sites (N-methyl/N-ethyl adjacent to an activating group) is 1. The van der Waals surface area contributed by atoms with Gasteiger partial charge in [0.2, 0.25) is 0 Å². The maximum absolute atomic E-state index is 5.40. The van der Waals surface area contributed by atoms with Crippen LogP contribution in [0.1, 0.15) is 19.4 Å². The van der Waals surface area contributed by atoms with Crippen LogP contribution in [-0.2, 0) is 6.54 Å². The van der Waals surface area contributed by atoms with Crippen molar-refractivity contribution >= 4 is 5.96 Å². The van der Waals surface area contributed by atoms with E-state index in [2.05, 4.69) is 45.3 Å². The summed E-state index contributed by atoms with van der Waals surface area (Å²) in [7, 11) is 3.51. The van der Waals surface area contributed by atoms with Crippen LogP contribution in [0.3, 0.4) is 0 Å². The average Bonchev–Trinajstić information content (AvgIpc) is 2.68. The van der Waals surface area contributed by atoms with Crippen molar-refractivity contribution in [3.63, 3.8) is 0 Å². The first-order chi connectivity index (χ1) is 12.2. The minimum atomic E-state index is 0.490. The first kappa shape index (κ1) is 19.5. The molecule has 0 aliphatic carbocycles. The summed E-state index contributed by atoms with van der Waals surface area (Å²) >= 11 is 0. The van der Waals surface area contributed by atoms with Crippen molar-refractivity contribution in [2.45, 2.75) is 26.4 Å². The van der Waals surface area contributed by atoms with Gasteiger partial charge in [-0.2, -0.15) is 0 Å². The van der Waals surface area contributed by atoms with Crippen LogP contribution in [0, 0.1) is 0 Å². The Bertz CT molecular complexity index is 540. The van der Waals surface area contributed by atoms with Gasteiger partial charge in [0.15, 0.2) is 5.96 Å². The number of nitrogens with one attached hydrogen (secondary N) is 2. The average molecular weight is 348 g/mol. The number of benzene rings is 1. The van der Waals surface area contributed by atoms with Gasteiger partial charge >= 0.3 is 0 Å². The van der Waals surface area contributed by atoms with E-state index in [1.165, 1.54) is 13.1 Å². The highest BCUT2D eigenvalue weighted by molar-refractivity contribution is 5.79. The Balaban J connectivity index is 1.76. The molecule has 1 aromatic rings. The molecule has 1 aromatic carbocycles. The summed E-state index contributed by atoms with van der Waals surface area (Å²) in [5, 5.41) is 6.81. The Labute approximate surface area is 152 Å². The molecule has 1 aliphatic rings. The number of nitrogens with zero attached hydrogens (tertiary/aromatic N) is 3. The second kappa shape index (κ2) is 10.3. The number of piperazine rings is 1.